The Morgan fingerprint density at radius 2 is 2.10 bits per heavy atom. The van der Waals surface area contributed by atoms with Gasteiger partial charge in [-0.3, -0.25) is 9.59 Å². The SMILES string of the molecule is CCOc1cc(/C=N/NC(=O)C(=O)NC(C)C)ccc1O. The van der Waals surface area contributed by atoms with Crippen LogP contribution in [0.3, 0.4) is 0 Å². The number of phenolic OH excluding ortho intramolecular Hbond substituents is 1. The van der Waals surface area contributed by atoms with Gasteiger partial charge in [-0.1, -0.05) is 0 Å². The minimum Gasteiger partial charge on any atom is -0.504 e. The Morgan fingerprint density at radius 1 is 1.38 bits per heavy atom. The van der Waals surface area contributed by atoms with Crippen molar-refractivity contribution < 1.29 is 19.4 Å². The molecule has 1 aromatic carbocycles. The summed E-state index contributed by atoms with van der Waals surface area (Å²) in [6.07, 6.45) is 1.35. The molecule has 0 unspecified atom stereocenters. The summed E-state index contributed by atoms with van der Waals surface area (Å²) in [6, 6.07) is 4.50. The van der Waals surface area contributed by atoms with Crippen molar-refractivity contribution in [3.63, 3.8) is 0 Å². The van der Waals surface area contributed by atoms with Gasteiger partial charge in [0.25, 0.3) is 0 Å². The summed E-state index contributed by atoms with van der Waals surface area (Å²) in [4.78, 5) is 22.7. The third kappa shape index (κ3) is 5.52. The minimum absolute atomic E-state index is 0.0225. The van der Waals surface area contributed by atoms with E-state index in [-0.39, 0.29) is 11.8 Å². The molecule has 0 aliphatic carbocycles. The quantitative estimate of drug-likeness (QED) is 0.424. The molecule has 0 fully saturated rings. The molecule has 1 aromatic rings. The van der Waals surface area contributed by atoms with Crippen molar-refractivity contribution in [2.75, 3.05) is 6.61 Å². The van der Waals surface area contributed by atoms with Crippen molar-refractivity contribution in [1.29, 1.82) is 0 Å². The number of carbonyl (C=O) groups is 2. The van der Waals surface area contributed by atoms with Crippen LogP contribution in [0.25, 0.3) is 0 Å². The maximum Gasteiger partial charge on any atom is 0.329 e. The Balaban J connectivity index is 2.63. The van der Waals surface area contributed by atoms with Crippen molar-refractivity contribution in [1.82, 2.24) is 10.7 Å². The third-order valence-electron chi connectivity index (χ3n) is 2.29. The molecular weight excluding hydrogens is 274 g/mol. The number of phenols is 1. The largest absolute Gasteiger partial charge is 0.504 e. The van der Waals surface area contributed by atoms with Gasteiger partial charge in [0.1, 0.15) is 0 Å². The van der Waals surface area contributed by atoms with Gasteiger partial charge in [-0.15, -0.1) is 0 Å². The van der Waals surface area contributed by atoms with Crippen LogP contribution in [0.15, 0.2) is 23.3 Å². The van der Waals surface area contributed by atoms with Crippen LogP contribution in [-0.2, 0) is 9.59 Å². The number of aromatic hydroxyl groups is 1. The highest BCUT2D eigenvalue weighted by Crippen LogP contribution is 2.26. The van der Waals surface area contributed by atoms with Gasteiger partial charge in [0, 0.05) is 6.04 Å². The molecule has 1 rings (SSSR count). The van der Waals surface area contributed by atoms with Crippen LogP contribution in [-0.4, -0.2) is 35.8 Å². The van der Waals surface area contributed by atoms with E-state index in [1.807, 2.05) is 0 Å². The monoisotopic (exact) mass is 293 g/mol. The first-order valence-corrected chi connectivity index (χ1v) is 6.53. The Labute approximate surface area is 123 Å². The lowest BCUT2D eigenvalue weighted by Crippen LogP contribution is -2.41. The fraction of sp³-hybridized carbons (Fsp3) is 0.357. The first-order chi connectivity index (χ1) is 9.93. The molecule has 0 aromatic heterocycles. The Bertz CT molecular complexity index is 541. The van der Waals surface area contributed by atoms with Crippen molar-refractivity contribution in [3.05, 3.63) is 23.8 Å². The molecule has 0 bridgehead atoms. The normalized spacial score (nSPS) is 10.7. The zero-order valence-corrected chi connectivity index (χ0v) is 12.2. The first-order valence-electron chi connectivity index (χ1n) is 6.53. The maximum atomic E-state index is 11.4. The zero-order valence-electron chi connectivity index (χ0n) is 12.2. The maximum absolute atomic E-state index is 11.4. The second-order valence-corrected chi connectivity index (χ2v) is 4.49. The van der Waals surface area contributed by atoms with Gasteiger partial charge in [-0.25, -0.2) is 5.43 Å². The standard InChI is InChI=1S/C14H19N3O4/c1-4-21-12-7-10(5-6-11(12)18)8-15-17-14(20)13(19)16-9(2)3/h5-9,18H,4H2,1-3H3,(H,16,19)(H,17,20)/b15-8+. The van der Waals surface area contributed by atoms with E-state index < -0.39 is 11.8 Å². The molecule has 3 N–H and O–H groups in total. The predicted molar refractivity (Wildman–Crippen MR) is 78.3 cm³/mol. The summed E-state index contributed by atoms with van der Waals surface area (Å²) in [6.45, 7) is 5.72. The Morgan fingerprint density at radius 3 is 2.71 bits per heavy atom. The number of ether oxygens (including phenoxy) is 1. The van der Waals surface area contributed by atoms with Crippen molar-refractivity contribution in [2.45, 2.75) is 26.8 Å². The Hall–Kier alpha value is -2.57. The van der Waals surface area contributed by atoms with Crippen LogP contribution in [0.2, 0.25) is 0 Å². The fourth-order valence-corrected chi connectivity index (χ4v) is 1.43. The van der Waals surface area contributed by atoms with Gasteiger partial charge in [-0.2, -0.15) is 5.10 Å². The van der Waals surface area contributed by atoms with Gasteiger partial charge in [-0.05, 0) is 44.5 Å². The summed E-state index contributed by atoms with van der Waals surface area (Å²) in [5.74, 6) is -1.24. The van der Waals surface area contributed by atoms with Crippen molar-refractivity contribution in [2.24, 2.45) is 5.10 Å². The van der Waals surface area contributed by atoms with Crippen LogP contribution in [0, 0.1) is 0 Å². The summed E-state index contributed by atoms with van der Waals surface area (Å²) in [5.41, 5.74) is 2.73. The Kier molecular flexibility index (Phi) is 6.19. The lowest BCUT2D eigenvalue weighted by molar-refractivity contribution is -0.139. The molecule has 114 valence electrons. The number of nitrogens with zero attached hydrogens (tertiary/aromatic N) is 1. The molecule has 21 heavy (non-hydrogen) atoms. The number of hydrazone groups is 1. The summed E-state index contributed by atoms with van der Waals surface area (Å²) >= 11 is 0. The smallest absolute Gasteiger partial charge is 0.329 e. The van der Waals surface area contributed by atoms with Gasteiger partial charge < -0.3 is 15.2 Å². The minimum atomic E-state index is -0.844. The van der Waals surface area contributed by atoms with Gasteiger partial charge in [0.2, 0.25) is 0 Å². The van der Waals surface area contributed by atoms with Gasteiger partial charge >= 0.3 is 11.8 Å². The molecule has 0 aliphatic heterocycles. The molecule has 0 spiro atoms. The number of hydrogen-bond acceptors (Lipinski definition) is 5. The zero-order chi connectivity index (χ0) is 15.8. The van der Waals surface area contributed by atoms with E-state index in [9.17, 15) is 14.7 Å². The second-order valence-electron chi connectivity index (χ2n) is 4.49. The van der Waals surface area contributed by atoms with Gasteiger partial charge in [0.05, 0.1) is 12.8 Å². The highest BCUT2D eigenvalue weighted by molar-refractivity contribution is 6.35. The number of carbonyl (C=O) groups excluding carboxylic acids is 2. The number of hydrogen-bond donors (Lipinski definition) is 3. The average Bonchev–Trinajstić information content (AvgIpc) is 2.41. The fourth-order valence-electron chi connectivity index (χ4n) is 1.43. The number of benzene rings is 1. The van der Waals surface area contributed by atoms with E-state index in [0.29, 0.717) is 17.9 Å². The first kappa shape index (κ1) is 16.5. The number of amides is 2. The topological polar surface area (TPSA) is 100 Å². The van der Waals surface area contributed by atoms with E-state index >= 15 is 0 Å². The highest BCUT2D eigenvalue weighted by Gasteiger charge is 2.12. The average molecular weight is 293 g/mol. The highest BCUT2D eigenvalue weighted by atomic mass is 16.5. The summed E-state index contributed by atoms with van der Waals surface area (Å²) in [7, 11) is 0. The van der Waals surface area contributed by atoms with E-state index in [1.165, 1.54) is 12.3 Å². The predicted octanol–water partition coefficient (Wildman–Crippen LogP) is 0.766. The van der Waals surface area contributed by atoms with E-state index in [2.05, 4.69) is 15.8 Å². The molecule has 7 nitrogen and oxygen atoms in total. The van der Waals surface area contributed by atoms with Crippen LogP contribution in [0.5, 0.6) is 11.5 Å². The van der Waals surface area contributed by atoms with E-state index in [0.717, 1.165) is 0 Å². The van der Waals surface area contributed by atoms with Crippen LogP contribution in [0.4, 0.5) is 0 Å². The van der Waals surface area contributed by atoms with E-state index in [1.54, 1.807) is 32.9 Å². The van der Waals surface area contributed by atoms with Crippen LogP contribution >= 0.6 is 0 Å². The van der Waals surface area contributed by atoms with Crippen molar-refractivity contribution >= 4 is 18.0 Å². The third-order valence-corrected chi connectivity index (χ3v) is 2.29. The van der Waals surface area contributed by atoms with Crippen LogP contribution in [0.1, 0.15) is 26.3 Å². The molecule has 2 amide bonds. The molecule has 7 heteroatoms. The molecular formula is C14H19N3O4. The van der Waals surface area contributed by atoms with Crippen LogP contribution < -0.4 is 15.5 Å². The summed E-state index contributed by atoms with van der Waals surface area (Å²) < 4.78 is 5.22. The molecule has 0 radical (unpaired) electrons. The molecule has 0 saturated heterocycles. The van der Waals surface area contributed by atoms with Gasteiger partial charge in [0.15, 0.2) is 11.5 Å². The van der Waals surface area contributed by atoms with Crippen molar-refractivity contribution in [3.8, 4) is 11.5 Å². The summed E-state index contributed by atoms with van der Waals surface area (Å²) in [5, 5.41) is 15.7. The molecule has 0 atom stereocenters. The number of rotatable bonds is 5. The lowest BCUT2D eigenvalue weighted by Gasteiger charge is -2.07. The molecule has 0 heterocycles. The number of nitrogens with one attached hydrogen (secondary N) is 2. The second kappa shape index (κ2) is 7.88. The lowest BCUT2D eigenvalue weighted by atomic mass is 10.2. The molecule has 0 aliphatic rings. The molecule has 0 saturated carbocycles. The van der Waals surface area contributed by atoms with E-state index in [4.69, 9.17) is 4.74 Å².